The van der Waals surface area contributed by atoms with Gasteiger partial charge in [0.1, 0.15) is 0 Å². The zero-order chi connectivity index (χ0) is 12.8. The van der Waals surface area contributed by atoms with Crippen molar-refractivity contribution in [3.63, 3.8) is 0 Å². The van der Waals surface area contributed by atoms with Gasteiger partial charge in [-0.05, 0) is 32.1 Å². The molecule has 0 spiro atoms. The summed E-state index contributed by atoms with van der Waals surface area (Å²) in [6, 6.07) is 0.564. The average Bonchev–Trinajstić information content (AvgIpc) is 2.36. The molecule has 1 radical (unpaired) electrons. The molecule has 0 rings (SSSR count). The van der Waals surface area contributed by atoms with Gasteiger partial charge in [0.2, 0.25) is 0 Å². The lowest BCUT2D eigenvalue weighted by Gasteiger charge is -2.12. The van der Waals surface area contributed by atoms with E-state index in [4.69, 9.17) is 5.32 Å². The third-order valence-corrected chi connectivity index (χ3v) is 3.17. The largest absolute Gasteiger partial charge is 0.238 e. The van der Waals surface area contributed by atoms with Gasteiger partial charge in [-0.1, -0.05) is 58.6 Å². The van der Waals surface area contributed by atoms with Crippen LogP contribution in [-0.4, -0.2) is 12.6 Å². The summed E-state index contributed by atoms with van der Waals surface area (Å²) in [6.07, 6.45) is 16.2. The Morgan fingerprint density at radius 2 is 1.59 bits per heavy atom. The van der Waals surface area contributed by atoms with Crippen molar-refractivity contribution in [3.05, 3.63) is 12.2 Å². The van der Waals surface area contributed by atoms with Crippen LogP contribution in [0, 0.1) is 0 Å². The molecule has 0 aromatic carbocycles. The fourth-order valence-corrected chi connectivity index (χ4v) is 1.89. The van der Waals surface area contributed by atoms with Crippen molar-refractivity contribution >= 4 is 0 Å². The second kappa shape index (κ2) is 13.8. The summed E-state index contributed by atoms with van der Waals surface area (Å²) >= 11 is 0. The zero-order valence-electron chi connectivity index (χ0n) is 12.3. The van der Waals surface area contributed by atoms with Gasteiger partial charge in [0, 0.05) is 12.6 Å². The molecule has 0 bridgehead atoms. The Hall–Kier alpha value is -0.300. The Morgan fingerprint density at radius 1 is 0.882 bits per heavy atom. The van der Waals surface area contributed by atoms with Gasteiger partial charge in [-0.3, -0.25) is 0 Å². The van der Waals surface area contributed by atoms with Crippen LogP contribution >= 0.6 is 0 Å². The molecule has 0 aliphatic heterocycles. The molecule has 1 nitrogen and oxygen atoms in total. The van der Waals surface area contributed by atoms with E-state index in [2.05, 4.69) is 32.9 Å². The number of rotatable bonds is 12. The molecule has 0 aliphatic carbocycles. The summed E-state index contributed by atoms with van der Waals surface area (Å²) in [7, 11) is 0. The Balaban J connectivity index is 3.45. The van der Waals surface area contributed by atoms with E-state index in [1.54, 1.807) is 0 Å². The first-order chi connectivity index (χ1) is 8.35. The average molecular weight is 238 g/mol. The molecule has 0 fully saturated rings. The highest BCUT2D eigenvalue weighted by Crippen LogP contribution is 2.05. The zero-order valence-corrected chi connectivity index (χ0v) is 12.3. The van der Waals surface area contributed by atoms with Gasteiger partial charge in [0.05, 0.1) is 0 Å². The third-order valence-electron chi connectivity index (χ3n) is 3.17. The molecule has 0 aromatic rings. The maximum atomic E-state index is 4.76. The van der Waals surface area contributed by atoms with E-state index in [1.807, 2.05) is 0 Å². The van der Waals surface area contributed by atoms with Crippen LogP contribution in [-0.2, 0) is 0 Å². The van der Waals surface area contributed by atoms with Crippen molar-refractivity contribution in [2.24, 2.45) is 0 Å². The van der Waals surface area contributed by atoms with Crippen LogP contribution in [0.2, 0.25) is 0 Å². The number of hydrogen-bond acceptors (Lipinski definition) is 0. The predicted octanol–water partition coefficient (Wildman–Crippen LogP) is 5.09. The predicted molar refractivity (Wildman–Crippen MR) is 78.5 cm³/mol. The van der Waals surface area contributed by atoms with Crippen molar-refractivity contribution in [1.29, 1.82) is 0 Å². The Labute approximate surface area is 109 Å². The minimum atomic E-state index is 0.564. The van der Waals surface area contributed by atoms with Crippen LogP contribution in [0.4, 0.5) is 0 Å². The van der Waals surface area contributed by atoms with Crippen LogP contribution in [0.25, 0.3) is 0 Å². The highest BCUT2D eigenvalue weighted by atomic mass is 14.9. The lowest BCUT2D eigenvalue weighted by molar-refractivity contribution is 0.477. The molecule has 17 heavy (non-hydrogen) atoms. The normalized spacial score (nSPS) is 13.4. The fraction of sp³-hybridized carbons (Fsp3) is 0.875. The summed E-state index contributed by atoms with van der Waals surface area (Å²) in [5, 5.41) is 4.76. The van der Waals surface area contributed by atoms with Crippen LogP contribution in [0.1, 0.15) is 78.6 Å². The highest BCUT2D eigenvalue weighted by molar-refractivity contribution is 4.85. The highest BCUT2D eigenvalue weighted by Gasteiger charge is 2.03. The summed E-state index contributed by atoms with van der Waals surface area (Å²) in [4.78, 5) is 0. The second-order valence-electron chi connectivity index (χ2n) is 4.88. The first-order valence-corrected chi connectivity index (χ1v) is 7.66. The molecule has 0 heterocycles. The molecule has 1 atom stereocenters. The molecule has 1 unspecified atom stereocenters. The Kier molecular flexibility index (Phi) is 13.5. The van der Waals surface area contributed by atoms with Crippen molar-refractivity contribution in [2.75, 3.05) is 6.54 Å². The minimum absolute atomic E-state index is 0.564. The third kappa shape index (κ3) is 12.0. The molecule has 101 valence electrons. The van der Waals surface area contributed by atoms with E-state index in [0.717, 1.165) is 13.0 Å². The van der Waals surface area contributed by atoms with Gasteiger partial charge in [-0.25, -0.2) is 5.32 Å². The molecule has 0 amide bonds. The molecule has 0 aliphatic rings. The molecule has 1 heteroatoms. The first-order valence-electron chi connectivity index (χ1n) is 7.66. The van der Waals surface area contributed by atoms with Crippen LogP contribution < -0.4 is 5.32 Å². The van der Waals surface area contributed by atoms with E-state index in [9.17, 15) is 0 Å². The maximum Gasteiger partial charge on any atom is 0.0277 e. The van der Waals surface area contributed by atoms with Crippen LogP contribution in [0.5, 0.6) is 0 Å². The van der Waals surface area contributed by atoms with E-state index in [0.29, 0.717) is 6.04 Å². The summed E-state index contributed by atoms with van der Waals surface area (Å²) in [5.41, 5.74) is 0. The van der Waals surface area contributed by atoms with Crippen molar-refractivity contribution in [1.82, 2.24) is 5.32 Å². The van der Waals surface area contributed by atoms with E-state index in [1.165, 1.54) is 51.4 Å². The molecule has 0 saturated heterocycles. The molecule has 0 saturated carbocycles. The van der Waals surface area contributed by atoms with Gasteiger partial charge in [0.25, 0.3) is 0 Å². The minimum Gasteiger partial charge on any atom is -0.238 e. The van der Waals surface area contributed by atoms with Gasteiger partial charge in [-0.15, -0.1) is 0 Å². The SMILES string of the molecule is CCCCC/C=C/CC(CC)[N]CCCCC. The summed E-state index contributed by atoms with van der Waals surface area (Å²) in [5.74, 6) is 0. The number of nitrogens with zero attached hydrogens (tertiary/aromatic N) is 1. The molecular weight excluding hydrogens is 206 g/mol. The maximum absolute atomic E-state index is 4.76. The van der Waals surface area contributed by atoms with Gasteiger partial charge >= 0.3 is 0 Å². The topological polar surface area (TPSA) is 14.1 Å². The van der Waals surface area contributed by atoms with Gasteiger partial charge < -0.3 is 0 Å². The smallest absolute Gasteiger partial charge is 0.0277 e. The standard InChI is InChI=1S/C16H32N/c1-4-7-9-10-11-12-14-16(6-3)17-15-13-8-5-2/h11-12,16H,4-10,13-15H2,1-3H3/b12-11+. The van der Waals surface area contributed by atoms with E-state index in [-0.39, 0.29) is 0 Å². The Morgan fingerprint density at radius 3 is 2.24 bits per heavy atom. The number of allylic oxidation sites excluding steroid dienone is 1. The number of unbranched alkanes of at least 4 members (excludes halogenated alkanes) is 5. The van der Waals surface area contributed by atoms with Crippen molar-refractivity contribution in [3.8, 4) is 0 Å². The lowest BCUT2D eigenvalue weighted by Crippen LogP contribution is -2.21. The summed E-state index contributed by atoms with van der Waals surface area (Å²) < 4.78 is 0. The Bertz CT molecular complexity index is 163. The summed E-state index contributed by atoms with van der Waals surface area (Å²) in [6.45, 7) is 7.82. The fourth-order valence-electron chi connectivity index (χ4n) is 1.89. The van der Waals surface area contributed by atoms with Crippen LogP contribution in [0.3, 0.4) is 0 Å². The number of hydrogen-bond donors (Lipinski definition) is 0. The monoisotopic (exact) mass is 238 g/mol. The lowest BCUT2D eigenvalue weighted by atomic mass is 10.1. The molecule has 0 aromatic heterocycles. The first kappa shape index (κ1) is 16.7. The molecule has 0 N–H and O–H groups in total. The van der Waals surface area contributed by atoms with Gasteiger partial charge in [-0.2, -0.15) is 0 Å². The quantitative estimate of drug-likeness (QED) is 0.332. The molecular formula is C16H32N. The van der Waals surface area contributed by atoms with Crippen LogP contribution in [0.15, 0.2) is 12.2 Å². The van der Waals surface area contributed by atoms with Gasteiger partial charge in [0.15, 0.2) is 0 Å². The van der Waals surface area contributed by atoms with Crippen molar-refractivity contribution < 1.29 is 0 Å². The van der Waals surface area contributed by atoms with E-state index >= 15 is 0 Å². The second-order valence-corrected chi connectivity index (χ2v) is 4.88. The van der Waals surface area contributed by atoms with Crippen molar-refractivity contribution in [2.45, 2.75) is 84.6 Å². The van der Waals surface area contributed by atoms with E-state index < -0.39 is 0 Å².